The summed E-state index contributed by atoms with van der Waals surface area (Å²) < 4.78 is 3.87. The Kier molecular flexibility index (Phi) is 13.5. The molecule has 2 heteroatoms. The maximum atomic E-state index is 3.75. The molecule has 63 valence electrons. The van der Waals surface area contributed by atoms with Crippen LogP contribution in [-0.2, 0) is 0 Å². The number of hydrogen-bond donors (Lipinski definition) is 0. The van der Waals surface area contributed by atoms with Gasteiger partial charge in [0.15, 0.2) is 0 Å². The zero-order valence-electron chi connectivity index (χ0n) is 6.88. The van der Waals surface area contributed by atoms with Crippen LogP contribution in [0.15, 0.2) is 38.0 Å². The molecule has 0 aliphatic heterocycles. The zero-order valence-corrected chi connectivity index (χ0v) is 11.9. The van der Waals surface area contributed by atoms with Crippen LogP contribution >= 0.6 is 12.4 Å². The van der Waals surface area contributed by atoms with Gasteiger partial charge in [-0.3, -0.25) is 0 Å². The maximum absolute atomic E-state index is 3.75. The Morgan fingerprint density at radius 2 is 1.09 bits per heavy atom. The van der Waals surface area contributed by atoms with Crippen molar-refractivity contribution < 1.29 is 26.0 Å². The molecule has 0 saturated heterocycles. The smallest absolute Gasteiger partial charge is 0.147 e. The number of rotatable bonds is 6. The van der Waals surface area contributed by atoms with Gasteiger partial charge in [-0.2, -0.15) is 0 Å². The molecule has 11 heavy (non-hydrogen) atoms. The van der Waals surface area contributed by atoms with E-state index in [1.54, 1.807) is 0 Å². The molecule has 0 radical (unpaired) electrons. The molecule has 0 spiro atoms. The molecule has 0 saturated carbocycles. The summed E-state index contributed by atoms with van der Waals surface area (Å²) in [6.07, 6.45) is 6.17. The third kappa shape index (κ3) is 8.47. The summed E-state index contributed by atoms with van der Waals surface area (Å²) in [5, 5.41) is 0. The quantitative estimate of drug-likeness (QED) is 0.597. The number of allylic oxidation sites excluding steroid dienone is 3. The minimum Gasteiger partial charge on any atom is -0.147 e. The Hall–Kier alpha value is 0.562. The van der Waals surface area contributed by atoms with E-state index >= 15 is 0 Å². The second-order valence-electron chi connectivity index (χ2n) is 2.23. The first-order chi connectivity index (χ1) is 4.85. The van der Waals surface area contributed by atoms with Crippen molar-refractivity contribution >= 4 is 12.4 Å². The molecule has 0 atom stereocenters. The molecule has 0 unspecified atom stereocenters. The largest absolute Gasteiger partial charge is 0.147 e. The van der Waals surface area contributed by atoms with Crippen LogP contribution < -0.4 is 0 Å². The molecule has 0 aromatic rings. The summed E-state index contributed by atoms with van der Waals surface area (Å²) >= 11 is -1.35. The van der Waals surface area contributed by atoms with Gasteiger partial charge < -0.3 is 0 Å². The van der Waals surface area contributed by atoms with Crippen molar-refractivity contribution in [3.8, 4) is 0 Å². The van der Waals surface area contributed by atoms with Gasteiger partial charge in [0.2, 0.25) is 0 Å². The van der Waals surface area contributed by atoms with Gasteiger partial charge in [0.1, 0.15) is 0 Å². The zero-order chi connectivity index (χ0) is 7.82. The monoisotopic (exact) mass is 397 g/mol. The van der Waals surface area contributed by atoms with Crippen molar-refractivity contribution in [2.75, 3.05) is 0 Å². The third-order valence-corrected chi connectivity index (χ3v) is 12.1. The molecule has 0 nitrogen and oxygen atoms in total. The first-order valence-electron chi connectivity index (χ1n) is 3.51. The van der Waals surface area contributed by atoms with Crippen LogP contribution in [0.3, 0.4) is 0 Å². The first-order valence-corrected chi connectivity index (χ1v) is 12.3. The fourth-order valence-corrected chi connectivity index (χ4v) is 8.04. The van der Waals surface area contributed by atoms with E-state index in [0.29, 0.717) is 0 Å². The normalized spacial score (nSPS) is 7.64. The predicted octanol–water partition coefficient (Wildman–Crippen LogP) is 3.84. The van der Waals surface area contributed by atoms with E-state index in [-0.39, 0.29) is 12.4 Å². The molecular formula is C9H16ClU. The molecule has 0 aromatic heterocycles. The minimum atomic E-state index is -1.35. The van der Waals surface area contributed by atoms with Gasteiger partial charge in [-0.05, 0) is 0 Å². The Bertz CT molecular complexity index is 97.0. The number of halogens is 1. The Morgan fingerprint density at radius 3 is 1.27 bits per heavy atom. The van der Waals surface area contributed by atoms with Crippen molar-refractivity contribution in [1.29, 1.82) is 0 Å². The molecule has 0 aliphatic rings. The first kappa shape index (κ1) is 14.1. The Balaban J connectivity index is 0. The molecular weight excluding hydrogens is 382 g/mol. The van der Waals surface area contributed by atoms with E-state index in [4.69, 9.17) is 0 Å². The van der Waals surface area contributed by atoms with Crippen molar-refractivity contribution in [2.24, 2.45) is 0 Å². The Labute approximate surface area is 86.2 Å². The van der Waals surface area contributed by atoms with Crippen molar-refractivity contribution in [1.82, 2.24) is 0 Å². The maximum Gasteiger partial charge on any atom is -0.147 e. The summed E-state index contributed by atoms with van der Waals surface area (Å²) in [4.78, 5) is 0. The molecule has 0 rings (SSSR count). The van der Waals surface area contributed by atoms with Crippen LogP contribution in [0, 0.1) is 26.0 Å². The van der Waals surface area contributed by atoms with Gasteiger partial charge in [-0.1, -0.05) is 0 Å². The second-order valence-corrected chi connectivity index (χ2v) is 13.6. The standard InChI is InChI=1S/3C3H5.ClH.U/c3*1-3-2;;/h3*3H,1-2H2;1H;. The average Bonchev–Trinajstić information content (AvgIpc) is 1.90. The second kappa shape index (κ2) is 10.6. The summed E-state index contributed by atoms with van der Waals surface area (Å²) in [5.74, 6) is 0. The number of hydrogen-bond acceptors (Lipinski definition) is 0. The molecule has 0 bridgehead atoms. The minimum absolute atomic E-state index is 0. The van der Waals surface area contributed by atoms with E-state index in [2.05, 4.69) is 38.0 Å². The van der Waals surface area contributed by atoms with E-state index < -0.39 is 26.0 Å². The molecule has 0 heterocycles. The fraction of sp³-hybridized carbons (Fsp3) is 0.333. The molecule has 0 N–H and O–H groups in total. The van der Waals surface area contributed by atoms with E-state index in [0.717, 1.165) is 0 Å². The summed E-state index contributed by atoms with van der Waals surface area (Å²) in [6.45, 7) is 11.3. The van der Waals surface area contributed by atoms with Gasteiger partial charge in [0.05, 0.1) is 0 Å². The van der Waals surface area contributed by atoms with Crippen LogP contribution in [-0.4, -0.2) is 0 Å². The summed E-state index contributed by atoms with van der Waals surface area (Å²) in [6, 6.07) is 0. The van der Waals surface area contributed by atoms with Crippen molar-refractivity contribution in [3.05, 3.63) is 38.0 Å². The topological polar surface area (TPSA) is 0 Å². The van der Waals surface area contributed by atoms with Gasteiger partial charge in [-0.15, -0.1) is 12.4 Å². The van der Waals surface area contributed by atoms with E-state index in [1.807, 2.05) is 0 Å². The predicted molar refractivity (Wildman–Crippen MR) is 52.3 cm³/mol. The summed E-state index contributed by atoms with van der Waals surface area (Å²) in [5.41, 5.74) is 0. The van der Waals surface area contributed by atoms with Crippen LogP contribution in [0.4, 0.5) is 0 Å². The molecule has 0 fully saturated rings. The average molecular weight is 398 g/mol. The van der Waals surface area contributed by atoms with Crippen molar-refractivity contribution in [3.63, 3.8) is 0 Å². The van der Waals surface area contributed by atoms with Gasteiger partial charge >= 0.3 is 74.4 Å². The van der Waals surface area contributed by atoms with Crippen LogP contribution in [0.1, 0.15) is 0 Å². The van der Waals surface area contributed by atoms with Crippen LogP contribution in [0.25, 0.3) is 0 Å². The molecule has 0 aromatic carbocycles. The van der Waals surface area contributed by atoms with Gasteiger partial charge in [0.25, 0.3) is 0 Å². The third-order valence-electron chi connectivity index (χ3n) is 1.30. The fourth-order valence-electron chi connectivity index (χ4n) is 0.862. The molecule has 0 aliphatic carbocycles. The van der Waals surface area contributed by atoms with E-state index in [1.165, 1.54) is 10.4 Å². The molecule has 0 amide bonds. The van der Waals surface area contributed by atoms with Crippen molar-refractivity contribution in [2.45, 2.75) is 10.4 Å². The van der Waals surface area contributed by atoms with Gasteiger partial charge in [-0.25, -0.2) is 0 Å². The Morgan fingerprint density at radius 1 is 0.818 bits per heavy atom. The summed E-state index contributed by atoms with van der Waals surface area (Å²) in [7, 11) is 0. The SMILES string of the molecule is C=C[CH2][U]([CH2]C=C)[CH2]C=C.Cl. The van der Waals surface area contributed by atoms with E-state index in [9.17, 15) is 0 Å². The van der Waals surface area contributed by atoms with Crippen LogP contribution in [0.5, 0.6) is 0 Å². The van der Waals surface area contributed by atoms with Crippen LogP contribution in [0.2, 0.25) is 10.4 Å². The van der Waals surface area contributed by atoms with Gasteiger partial charge in [0, 0.05) is 0 Å².